The molecule has 0 N–H and O–H groups in total. The van der Waals surface area contributed by atoms with Crippen molar-refractivity contribution < 1.29 is 4.79 Å². The third-order valence-corrected chi connectivity index (χ3v) is 7.11. The molecule has 3 heterocycles. The summed E-state index contributed by atoms with van der Waals surface area (Å²) in [4.78, 5) is 25.7. The highest BCUT2D eigenvalue weighted by Crippen LogP contribution is 2.42. The van der Waals surface area contributed by atoms with Crippen molar-refractivity contribution in [1.29, 1.82) is 0 Å². The molecule has 0 radical (unpaired) electrons. The van der Waals surface area contributed by atoms with Gasteiger partial charge in [0.1, 0.15) is 0 Å². The van der Waals surface area contributed by atoms with Crippen LogP contribution in [0.3, 0.4) is 0 Å². The lowest BCUT2D eigenvalue weighted by Crippen LogP contribution is -2.22. The molecule has 1 aromatic carbocycles. The monoisotopic (exact) mass is 416 g/mol. The average Bonchev–Trinajstić information content (AvgIpc) is 3.00. The van der Waals surface area contributed by atoms with Gasteiger partial charge in [0.25, 0.3) is 5.56 Å². The van der Waals surface area contributed by atoms with Crippen molar-refractivity contribution in [3.8, 4) is 16.9 Å². The van der Waals surface area contributed by atoms with E-state index < -0.39 is 0 Å². The van der Waals surface area contributed by atoms with Gasteiger partial charge in [0.05, 0.1) is 20.5 Å². The van der Waals surface area contributed by atoms with E-state index in [-0.39, 0.29) is 11.3 Å². The first-order valence-corrected chi connectivity index (χ1v) is 10.9. The van der Waals surface area contributed by atoms with Crippen LogP contribution in [0.25, 0.3) is 16.9 Å². The zero-order valence-corrected chi connectivity index (χ0v) is 17.1. The number of rotatable bonds is 4. The summed E-state index contributed by atoms with van der Waals surface area (Å²) >= 11 is 9.23. The molecular weight excluding hydrogens is 400 g/mol. The number of hydrogen-bond donors (Lipinski definition) is 0. The minimum atomic E-state index is -0.165. The number of nitrogens with zero attached hydrogens (tertiary/aromatic N) is 2. The predicted octanol–water partition coefficient (Wildman–Crippen LogP) is 5.25. The molecule has 7 heteroatoms. The van der Waals surface area contributed by atoms with E-state index in [0.717, 1.165) is 44.5 Å². The lowest BCUT2D eigenvalue weighted by Gasteiger charge is -2.10. The zero-order valence-electron chi connectivity index (χ0n) is 14.7. The van der Waals surface area contributed by atoms with Gasteiger partial charge in [-0.2, -0.15) is 9.78 Å². The van der Waals surface area contributed by atoms with Crippen LogP contribution >= 0.6 is 34.7 Å². The summed E-state index contributed by atoms with van der Waals surface area (Å²) in [6.45, 7) is 2.01. The summed E-state index contributed by atoms with van der Waals surface area (Å²) in [7, 11) is 0. The number of carbonyl (C=O) groups excluding carboxylic acids is 1. The van der Waals surface area contributed by atoms with Crippen LogP contribution in [0.4, 0.5) is 0 Å². The Bertz CT molecular complexity index is 1070. The van der Waals surface area contributed by atoms with Gasteiger partial charge in [-0.25, -0.2) is 0 Å². The molecule has 0 fully saturated rings. The molecule has 1 aliphatic heterocycles. The highest BCUT2D eigenvalue weighted by molar-refractivity contribution is 8.01. The number of aromatic nitrogens is 2. The van der Waals surface area contributed by atoms with E-state index in [9.17, 15) is 9.59 Å². The minimum absolute atomic E-state index is 0.165. The second kappa shape index (κ2) is 7.62. The van der Waals surface area contributed by atoms with Crippen molar-refractivity contribution in [3.63, 3.8) is 0 Å². The van der Waals surface area contributed by atoms with E-state index in [2.05, 4.69) is 5.10 Å². The summed E-state index contributed by atoms with van der Waals surface area (Å²) in [5.41, 5.74) is 3.19. The Hall–Kier alpha value is -1.89. The molecule has 4 rings (SSSR count). The third kappa shape index (κ3) is 3.61. The fraction of sp³-hybridized carbons (Fsp3) is 0.250. The van der Waals surface area contributed by atoms with Crippen LogP contribution in [0.5, 0.6) is 0 Å². The van der Waals surface area contributed by atoms with Crippen LogP contribution in [-0.2, 0) is 6.42 Å². The van der Waals surface area contributed by atoms with Crippen molar-refractivity contribution in [2.45, 2.75) is 30.4 Å². The van der Waals surface area contributed by atoms with Crippen molar-refractivity contribution in [3.05, 3.63) is 62.2 Å². The molecule has 0 spiro atoms. The fourth-order valence-corrected chi connectivity index (χ4v) is 5.62. The summed E-state index contributed by atoms with van der Waals surface area (Å²) in [5.74, 6) is 1.04. The Morgan fingerprint density at radius 2 is 2.04 bits per heavy atom. The largest absolute Gasteiger partial charge is 0.293 e. The number of aryl methyl sites for hydroxylation is 1. The Kier molecular flexibility index (Phi) is 5.21. The van der Waals surface area contributed by atoms with E-state index in [4.69, 9.17) is 11.6 Å². The maximum Gasteiger partial charge on any atom is 0.271 e. The summed E-state index contributed by atoms with van der Waals surface area (Å²) in [5, 5.41) is 5.28. The standard InChI is InChI=1S/C20H17ClN2O2S2/c1-2-3-16(24)17-11-15-19-12(8-9-26-20(15)27-17)10-18(25)23(22-19)14-6-4-13(21)5-7-14/h4-7,10-11H,2-3,8-9H2,1H3. The van der Waals surface area contributed by atoms with E-state index in [1.54, 1.807) is 42.1 Å². The maximum absolute atomic E-state index is 12.6. The van der Waals surface area contributed by atoms with Gasteiger partial charge in [-0.3, -0.25) is 9.59 Å². The van der Waals surface area contributed by atoms with Crippen molar-refractivity contribution in [1.82, 2.24) is 9.78 Å². The number of halogens is 1. The van der Waals surface area contributed by atoms with Gasteiger partial charge in [0.15, 0.2) is 5.78 Å². The molecule has 138 valence electrons. The van der Waals surface area contributed by atoms with Crippen LogP contribution in [0.15, 0.2) is 45.4 Å². The smallest absolute Gasteiger partial charge is 0.271 e. The molecule has 0 bridgehead atoms. The lowest BCUT2D eigenvalue weighted by atomic mass is 10.1. The Labute approximate surface area is 170 Å². The van der Waals surface area contributed by atoms with Gasteiger partial charge >= 0.3 is 0 Å². The number of Topliss-reactive ketones (excluding diaryl/α,β-unsaturated/α-hetero) is 1. The van der Waals surface area contributed by atoms with Gasteiger partial charge in [0.2, 0.25) is 0 Å². The molecule has 0 saturated heterocycles. The van der Waals surface area contributed by atoms with Crippen molar-refractivity contribution in [2.75, 3.05) is 5.75 Å². The second-order valence-corrected chi connectivity index (χ2v) is 9.18. The van der Waals surface area contributed by atoms with Crippen molar-refractivity contribution in [2.24, 2.45) is 0 Å². The minimum Gasteiger partial charge on any atom is -0.293 e. The van der Waals surface area contributed by atoms with Crippen LogP contribution in [-0.4, -0.2) is 21.3 Å². The molecule has 2 aromatic heterocycles. The number of thiophene rings is 1. The molecule has 0 saturated carbocycles. The number of carbonyl (C=O) groups is 1. The topological polar surface area (TPSA) is 52.0 Å². The van der Waals surface area contributed by atoms with Crippen LogP contribution < -0.4 is 5.56 Å². The lowest BCUT2D eigenvalue weighted by molar-refractivity contribution is 0.0985. The van der Waals surface area contributed by atoms with E-state index >= 15 is 0 Å². The molecule has 4 nitrogen and oxygen atoms in total. The molecule has 27 heavy (non-hydrogen) atoms. The molecule has 0 unspecified atom stereocenters. The van der Waals surface area contributed by atoms with E-state index in [0.29, 0.717) is 17.1 Å². The van der Waals surface area contributed by atoms with E-state index in [1.165, 1.54) is 16.0 Å². The van der Waals surface area contributed by atoms with Gasteiger partial charge in [-0.15, -0.1) is 23.1 Å². The molecular formula is C20H17ClN2O2S2. The SMILES string of the molecule is CCCC(=O)c1cc2c(s1)SCCc1cc(=O)n(-c3ccc(Cl)cc3)nc1-2. The summed E-state index contributed by atoms with van der Waals surface area (Å²) in [6.07, 6.45) is 2.16. The Morgan fingerprint density at radius 3 is 2.78 bits per heavy atom. The second-order valence-electron chi connectivity index (χ2n) is 6.33. The van der Waals surface area contributed by atoms with E-state index in [1.807, 2.05) is 13.0 Å². The fourth-order valence-electron chi connectivity index (χ4n) is 3.06. The highest BCUT2D eigenvalue weighted by atomic mass is 35.5. The first kappa shape index (κ1) is 18.5. The van der Waals surface area contributed by atoms with Crippen LogP contribution in [0.1, 0.15) is 35.0 Å². The van der Waals surface area contributed by atoms with Gasteiger partial charge in [-0.1, -0.05) is 18.5 Å². The number of hydrogen-bond acceptors (Lipinski definition) is 5. The van der Waals surface area contributed by atoms with Crippen LogP contribution in [0, 0.1) is 0 Å². The summed E-state index contributed by atoms with van der Waals surface area (Å²) in [6, 6.07) is 10.6. The zero-order chi connectivity index (χ0) is 19.0. The third-order valence-electron chi connectivity index (χ3n) is 4.39. The quantitative estimate of drug-likeness (QED) is 0.545. The first-order valence-electron chi connectivity index (χ1n) is 8.76. The number of fused-ring (bicyclic) bond motifs is 3. The first-order chi connectivity index (χ1) is 13.1. The number of thioether (sulfide) groups is 1. The van der Waals surface area contributed by atoms with Gasteiger partial charge in [0, 0.05) is 28.8 Å². The highest BCUT2D eigenvalue weighted by Gasteiger charge is 2.23. The van der Waals surface area contributed by atoms with Crippen LogP contribution in [0.2, 0.25) is 5.02 Å². The Morgan fingerprint density at radius 1 is 1.26 bits per heavy atom. The average molecular weight is 417 g/mol. The van der Waals surface area contributed by atoms with Gasteiger partial charge in [-0.05, 0) is 48.7 Å². The molecule has 3 aromatic rings. The molecule has 1 aliphatic rings. The Balaban J connectivity index is 1.86. The molecule has 0 amide bonds. The normalized spacial score (nSPS) is 13.0. The number of benzene rings is 1. The maximum atomic E-state index is 12.6. The number of ketones is 1. The molecule has 0 atom stereocenters. The molecule has 0 aliphatic carbocycles. The predicted molar refractivity (Wildman–Crippen MR) is 112 cm³/mol. The summed E-state index contributed by atoms with van der Waals surface area (Å²) < 4.78 is 2.50. The van der Waals surface area contributed by atoms with Crippen molar-refractivity contribution >= 4 is 40.5 Å². The van der Waals surface area contributed by atoms with Gasteiger partial charge < -0.3 is 0 Å².